The lowest BCUT2D eigenvalue weighted by Gasteiger charge is -2.07. The molecule has 4 aromatic rings. The molecule has 0 aliphatic rings. The molecule has 0 saturated heterocycles. The van der Waals surface area contributed by atoms with Crippen molar-refractivity contribution in [1.29, 1.82) is 5.26 Å². The van der Waals surface area contributed by atoms with Crippen LogP contribution in [0, 0.1) is 18.3 Å². The second-order valence-electron chi connectivity index (χ2n) is 5.80. The summed E-state index contributed by atoms with van der Waals surface area (Å²) in [5.74, 6) is 1.75. The summed E-state index contributed by atoms with van der Waals surface area (Å²) in [5, 5.41) is 15.5. The van der Waals surface area contributed by atoms with Crippen molar-refractivity contribution >= 4 is 17.2 Å². The van der Waals surface area contributed by atoms with Crippen LogP contribution in [0.5, 0.6) is 11.5 Å². The number of benzene rings is 1. The maximum Gasteiger partial charge on any atom is 0.272 e. The van der Waals surface area contributed by atoms with Gasteiger partial charge in [0.2, 0.25) is 0 Å². The van der Waals surface area contributed by atoms with Crippen LogP contribution < -0.4 is 15.6 Å². The molecule has 0 amide bonds. The number of hydrogen-bond donors (Lipinski definition) is 2. The number of ether oxygens (including phenoxy) is 1. The number of H-pyrrole nitrogens is 1. The lowest BCUT2D eigenvalue weighted by Crippen LogP contribution is -2.14. The first-order valence-corrected chi connectivity index (χ1v) is 8.11. The Morgan fingerprint density at radius 3 is 2.56 bits per heavy atom. The van der Waals surface area contributed by atoms with Crippen molar-refractivity contribution in [2.75, 3.05) is 5.32 Å². The number of fused-ring (bicyclic) bond motifs is 1. The SMILES string of the molecule is Cc1cc(=O)n2[nH]c(Nc3ccc(Oc4ccncc4)cc3)c(C#N)c2n1. The van der Waals surface area contributed by atoms with Crippen LogP contribution in [0.1, 0.15) is 11.3 Å². The van der Waals surface area contributed by atoms with Gasteiger partial charge < -0.3 is 10.1 Å². The van der Waals surface area contributed by atoms with E-state index in [4.69, 9.17) is 4.74 Å². The summed E-state index contributed by atoms with van der Waals surface area (Å²) in [6, 6.07) is 14.2. The quantitative estimate of drug-likeness (QED) is 0.580. The topological polar surface area (TPSA) is 108 Å². The van der Waals surface area contributed by atoms with Gasteiger partial charge in [0, 0.05) is 29.8 Å². The zero-order chi connectivity index (χ0) is 18.8. The van der Waals surface area contributed by atoms with Gasteiger partial charge in [-0.1, -0.05) is 0 Å². The minimum atomic E-state index is -0.275. The molecular formula is C19H14N6O2. The fourth-order valence-corrected chi connectivity index (χ4v) is 2.64. The molecule has 8 nitrogen and oxygen atoms in total. The van der Waals surface area contributed by atoms with Crippen molar-refractivity contribution in [2.24, 2.45) is 0 Å². The molecule has 132 valence electrons. The van der Waals surface area contributed by atoms with Crippen LogP contribution in [0.4, 0.5) is 11.5 Å². The minimum absolute atomic E-state index is 0.271. The molecular weight excluding hydrogens is 344 g/mol. The Kier molecular flexibility index (Phi) is 4.03. The van der Waals surface area contributed by atoms with Crippen molar-refractivity contribution in [1.82, 2.24) is 19.6 Å². The van der Waals surface area contributed by atoms with Gasteiger partial charge in [0.15, 0.2) is 5.65 Å². The smallest absolute Gasteiger partial charge is 0.272 e. The number of nitrogens with zero attached hydrogens (tertiary/aromatic N) is 4. The van der Waals surface area contributed by atoms with Gasteiger partial charge in [-0.2, -0.15) is 9.78 Å². The number of nitriles is 1. The molecule has 0 spiro atoms. The Balaban J connectivity index is 1.62. The van der Waals surface area contributed by atoms with Gasteiger partial charge in [-0.05, 0) is 43.3 Å². The van der Waals surface area contributed by atoms with Gasteiger partial charge in [0.1, 0.15) is 28.9 Å². The fourth-order valence-electron chi connectivity index (χ4n) is 2.64. The van der Waals surface area contributed by atoms with Gasteiger partial charge in [-0.25, -0.2) is 4.98 Å². The molecule has 0 atom stereocenters. The number of aromatic nitrogens is 4. The summed E-state index contributed by atoms with van der Waals surface area (Å²) in [4.78, 5) is 20.3. The third-order valence-corrected chi connectivity index (χ3v) is 3.86. The molecule has 1 aromatic carbocycles. The third kappa shape index (κ3) is 3.21. The van der Waals surface area contributed by atoms with Crippen molar-refractivity contribution in [3.8, 4) is 17.6 Å². The first kappa shape index (κ1) is 16.4. The molecule has 0 aliphatic carbocycles. The zero-order valence-electron chi connectivity index (χ0n) is 14.3. The number of nitrogens with one attached hydrogen (secondary N) is 2. The van der Waals surface area contributed by atoms with E-state index in [-0.39, 0.29) is 11.1 Å². The van der Waals surface area contributed by atoms with Crippen LogP contribution in [-0.2, 0) is 0 Å². The van der Waals surface area contributed by atoms with Crippen LogP contribution in [0.15, 0.2) is 59.7 Å². The summed E-state index contributed by atoms with van der Waals surface area (Å²) < 4.78 is 6.97. The second-order valence-corrected chi connectivity index (χ2v) is 5.80. The zero-order valence-corrected chi connectivity index (χ0v) is 14.3. The molecule has 3 aromatic heterocycles. The molecule has 8 heteroatoms. The molecule has 4 rings (SSSR count). The standard InChI is InChI=1S/C19H14N6O2/c1-12-10-17(26)25-19(22-12)16(11-20)18(24-25)23-13-2-4-14(5-3-13)27-15-6-8-21-9-7-15/h2-10,23-24H,1H3. The molecule has 0 aliphatic heterocycles. The Morgan fingerprint density at radius 2 is 1.85 bits per heavy atom. The van der Waals surface area contributed by atoms with E-state index in [9.17, 15) is 10.1 Å². The highest BCUT2D eigenvalue weighted by molar-refractivity contribution is 5.72. The van der Waals surface area contributed by atoms with Gasteiger partial charge in [-0.3, -0.25) is 14.9 Å². The lowest BCUT2D eigenvalue weighted by molar-refractivity contribution is 0.482. The van der Waals surface area contributed by atoms with E-state index in [0.717, 1.165) is 5.69 Å². The number of anilines is 2. The summed E-state index contributed by atoms with van der Waals surface area (Å²) in [6.07, 6.45) is 3.31. The largest absolute Gasteiger partial charge is 0.457 e. The van der Waals surface area contributed by atoms with E-state index in [1.807, 2.05) is 12.1 Å². The highest BCUT2D eigenvalue weighted by Gasteiger charge is 2.14. The van der Waals surface area contributed by atoms with E-state index in [1.165, 1.54) is 10.6 Å². The number of rotatable bonds is 4. The molecule has 0 unspecified atom stereocenters. The monoisotopic (exact) mass is 358 g/mol. The highest BCUT2D eigenvalue weighted by atomic mass is 16.5. The van der Waals surface area contributed by atoms with Crippen molar-refractivity contribution in [2.45, 2.75) is 6.92 Å². The van der Waals surface area contributed by atoms with Crippen LogP contribution in [0.3, 0.4) is 0 Å². The molecule has 0 radical (unpaired) electrons. The van der Waals surface area contributed by atoms with E-state index < -0.39 is 0 Å². The summed E-state index contributed by atoms with van der Waals surface area (Å²) in [7, 11) is 0. The van der Waals surface area contributed by atoms with Gasteiger partial charge in [0.05, 0.1) is 0 Å². The molecule has 2 N–H and O–H groups in total. The molecule has 27 heavy (non-hydrogen) atoms. The second kappa shape index (κ2) is 6.65. The Labute approximate surface area is 153 Å². The molecule has 0 bridgehead atoms. The Morgan fingerprint density at radius 1 is 1.15 bits per heavy atom. The molecule has 0 fully saturated rings. The van der Waals surface area contributed by atoms with Crippen LogP contribution in [0.25, 0.3) is 5.65 Å². The van der Waals surface area contributed by atoms with E-state index in [2.05, 4.69) is 26.5 Å². The van der Waals surface area contributed by atoms with Crippen molar-refractivity contribution in [3.05, 3.63) is 76.5 Å². The minimum Gasteiger partial charge on any atom is -0.457 e. The molecule has 0 saturated carbocycles. The van der Waals surface area contributed by atoms with Gasteiger partial charge in [0.25, 0.3) is 5.56 Å². The van der Waals surface area contributed by atoms with Crippen molar-refractivity contribution in [3.63, 3.8) is 0 Å². The van der Waals surface area contributed by atoms with Crippen LogP contribution >= 0.6 is 0 Å². The first-order valence-electron chi connectivity index (χ1n) is 8.11. The van der Waals surface area contributed by atoms with E-state index in [1.54, 1.807) is 43.6 Å². The van der Waals surface area contributed by atoms with Gasteiger partial charge >= 0.3 is 0 Å². The maximum atomic E-state index is 12.1. The van der Waals surface area contributed by atoms with E-state index in [0.29, 0.717) is 28.7 Å². The number of hydrogen-bond acceptors (Lipinski definition) is 6. The summed E-state index contributed by atoms with van der Waals surface area (Å²) in [5.41, 5.74) is 1.57. The summed E-state index contributed by atoms with van der Waals surface area (Å²) in [6.45, 7) is 1.71. The number of aryl methyl sites for hydroxylation is 1. The fraction of sp³-hybridized carbons (Fsp3) is 0.0526. The van der Waals surface area contributed by atoms with Crippen LogP contribution in [0.2, 0.25) is 0 Å². The average molecular weight is 358 g/mol. The van der Waals surface area contributed by atoms with Gasteiger partial charge in [-0.15, -0.1) is 0 Å². The van der Waals surface area contributed by atoms with Crippen LogP contribution in [-0.4, -0.2) is 19.6 Å². The predicted molar refractivity (Wildman–Crippen MR) is 99.3 cm³/mol. The lowest BCUT2D eigenvalue weighted by atomic mass is 10.2. The average Bonchev–Trinajstić information content (AvgIpc) is 3.01. The first-order chi connectivity index (χ1) is 13.1. The Bertz CT molecular complexity index is 1200. The van der Waals surface area contributed by atoms with Crippen molar-refractivity contribution < 1.29 is 4.74 Å². The Hall–Kier alpha value is -4.12. The number of pyridine rings is 1. The highest BCUT2D eigenvalue weighted by Crippen LogP contribution is 2.25. The number of aromatic amines is 1. The third-order valence-electron chi connectivity index (χ3n) is 3.86. The molecule has 3 heterocycles. The summed E-state index contributed by atoms with van der Waals surface area (Å²) >= 11 is 0. The maximum absolute atomic E-state index is 12.1. The normalized spacial score (nSPS) is 10.5. The van der Waals surface area contributed by atoms with E-state index >= 15 is 0 Å². The predicted octanol–water partition coefficient (Wildman–Crippen LogP) is 3.13.